The van der Waals surface area contributed by atoms with E-state index >= 15 is 0 Å². The standard InChI is InChI=1S/C16H32ISi4/c1-19(2,3)16(20(4,5)6,21(7,8)9)18(17)15-13-11-10-12-14-15/h10-14H,1-9H3. The fraction of sp³-hybridized carbons (Fsp3) is 0.625. The van der Waals surface area contributed by atoms with Gasteiger partial charge in [0.15, 0.2) is 6.29 Å². The van der Waals surface area contributed by atoms with Gasteiger partial charge in [0.25, 0.3) is 0 Å². The average molecular weight is 464 g/mol. The van der Waals surface area contributed by atoms with Gasteiger partial charge in [-0.05, 0) is 9.09 Å². The fourth-order valence-electron chi connectivity index (χ4n) is 5.16. The van der Waals surface area contributed by atoms with Crippen molar-refractivity contribution < 1.29 is 0 Å². The second-order valence-corrected chi connectivity index (χ2v) is 33.1. The third-order valence-electron chi connectivity index (χ3n) is 4.73. The average Bonchev–Trinajstić information content (AvgIpc) is 2.24. The number of hydrogen-bond acceptors (Lipinski definition) is 0. The predicted octanol–water partition coefficient (Wildman–Crippen LogP) is 5.69. The highest BCUT2D eigenvalue weighted by atomic mass is 127. The van der Waals surface area contributed by atoms with E-state index in [0.29, 0.717) is 3.91 Å². The number of benzene rings is 1. The topological polar surface area (TPSA) is 0 Å². The molecule has 0 saturated heterocycles. The molecule has 119 valence electrons. The summed E-state index contributed by atoms with van der Waals surface area (Å²) in [5.41, 5.74) is 0. The van der Waals surface area contributed by atoms with Crippen LogP contribution in [0.4, 0.5) is 0 Å². The third-order valence-corrected chi connectivity index (χ3v) is 44.4. The van der Waals surface area contributed by atoms with Gasteiger partial charge >= 0.3 is 0 Å². The van der Waals surface area contributed by atoms with Gasteiger partial charge in [-0.15, -0.1) is 21.8 Å². The molecular formula is C16H32ISi4. The van der Waals surface area contributed by atoms with Crippen LogP contribution in [-0.2, 0) is 0 Å². The van der Waals surface area contributed by atoms with E-state index in [0.717, 1.165) is 0 Å². The van der Waals surface area contributed by atoms with Crippen LogP contribution >= 0.6 is 21.8 Å². The first-order chi connectivity index (χ1) is 9.27. The first-order valence-corrected chi connectivity index (χ1v) is 23.0. The quantitative estimate of drug-likeness (QED) is 0.299. The van der Waals surface area contributed by atoms with Gasteiger partial charge in [0.2, 0.25) is 0 Å². The Morgan fingerprint density at radius 3 is 1.33 bits per heavy atom. The lowest BCUT2D eigenvalue weighted by Gasteiger charge is -2.61. The molecule has 1 radical (unpaired) electrons. The predicted molar refractivity (Wildman–Crippen MR) is 119 cm³/mol. The summed E-state index contributed by atoms with van der Waals surface area (Å²) in [5.74, 6) is 0. The molecule has 0 aliphatic heterocycles. The Morgan fingerprint density at radius 1 is 0.714 bits per heavy atom. The van der Waals surface area contributed by atoms with E-state index < -0.39 is 30.5 Å². The molecule has 0 aromatic heterocycles. The van der Waals surface area contributed by atoms with Crippen molar-refractivity contribution in [1.29, 1.82) is 0 Å². The van der Waals surface area contributed by atoms with Gasteiger partial charge in [0.1, 0.15) is 0 Å². The minimum absolute atomic E-state index is 0.582. The summed E-state index contributed by atoms with van der Waals surface area (Å²) in [4.78, 5) is 0. The van der Waals surface area contributed by atoms with Crippen LogP contribution in [0.5, 0.6) is 0 Å². The zero-order chi connectivity index (χ0) is 16.7. The van der Waals surface area contributed by atoms with E-state index in [1.165, 1.54) is 0 Å². The molecule has 1 aromatic carbocycles. The van der Waals surface area contributed by atoms with Crippen molar-refractivity contribution >= 4 is 57.5 Å². The summed E-state index contributed by atoms with van der Waals surface area (Å²) in [5, 5.41) is 1.65. The number of hydrogen-bond donors (Lipinski definition) is 0. The summed E-state index contributed by atoms with van der Waals surface area (Å²) in [6.45, 7) is 23.8. The minimum atomic E-state index is -1.29. The maximum absolute atomic E-state index is 2.90. The van der Waals surface area contributed by atoms with Crippen molar-refractivity contribution in [2.24, 2.45) is 0 Å². The van der Waals surface area contributed by atoms with Crippen LogP contribution in [0.25, 0.3) is 0 Å². The smallest absolute Gasteiger partial charge is 0.115 e. The first-order valence-electron chi connectivity index (χ1n) is 7.85. The molecule has 21 heavy (non-hydrogen) atoms. The summed E-state index contributed by atoms with van der Waals surface area (Å²) in [6.07, 6.45) is -0.582. The third kappa shape index (κ3) is 3.51. The van der Waals surface area contributed by atoms with Crippen LogP contribution in [0.3, 0.4) is 0 Å². The maximum atomic E-state index is 2.90. The highest BCUT2D eigenvalue weighted by Crippen LogP contribution is 2.56. The molecule has 1 aromatic rings. The molecule has 0 aliphatic rings. The van der Waals surface area contributed by atoms with Crippen molar-refractivity contribution in [3.63, 3.8) is 0 Å². The molecule has 0 aliphatic carbocycles. The number of rotatable bonds is 5. The lowest BCUT2D eigenvalue weighted by Crippen LogP contribution is -2.73. The van der Waals surface area contributed by atoms with Crippen molar-refractivity contribution in [2.45, 2.75) is 62.8 Å². The molecule has 1 rings (SSSR count). The Morgan fingerprint density at radius 2 is 1.05 bits per heavy atom. The van der Waals surface area contributed by atoms with E-state index in [4.69, 9.17) is 0 Å². The van der Waals surface area contributed by atoms with Crippen LogP contribution in [-0.4, -0.2) is 30.5 Å². The van der Waals surface area contributed by atoms with Crippen molar-refractivity contribution in [3.8, 4) is 0 Å². The molecule has 0 amide bonds. The molecule has 0 saturated carbocycles. The van der Waals surface area contributed by atoms with Gasteiger partial charge in [0.05, 0.1) is 0 Å². The molecule has 0 spiro atoms. The summed E-state index contributed by atoms with van der Waals surface area (Å²) < 4.78 is 0.680. The molecule has 5 heteroatoms. The minimum Gasteiger partial charge on any atom is -0.115 e. The molecule has 0 bridgehead atoms. The largest absolute Gasteiger partial charge is 0.162 e. The second-order valence-electron chi connectivity index (χ2n) is 9.18. The Labute approximate surface area is 150 Å². The van der Waals surface area contributed by atoms with E-state index in [1.807, 2.05) is 0 Å². The zero-order valence-corrected chi connectivity index (χ0v) is 21.4. The van der Waals surface area contributed by atoms with Crippen LogP contribution in [0.15, 0.2) is 30.3 Å². The monoisotopic (exact) mass is 463 g/mol. The molecular weight excluding hydrogens is 431 g/mol. The van der Waals surface area contributed by atoms with Crippen molar-refractivity contribution in [1.82, 2.24) is 0 Å². The molecule has 0 nitrogen and oxygen atoms in total. The lowest BCUT2D eigenvalue weighted by atomic mass is 10.4. The Balaban J connectivity index is 3.67. The summed E-state index contributed by atoms with van der Waals surface area (Å²) in [6, 6.07) is 11.4. The van der Waals surface area contributed by atoms with Crippen molar-refractivity contribution in [3.05, 3.63) is 30.3 Å². The Bertz CT molecular complexity index is 430. The van der Waals surface area contributed by atoms with Crippen LogP contribution < -0.4 is 5.19 Å². The van der Waals surface area contributed by atoms with Gasteiger partial charge in [-0.2, -0.15) is 0 Å². The maximum Gasteiger partial charge on any atom is 0.162 e. The molecule has 0 atom stereocenters. The van der Waals surface area contributed by atoms with E-state index in [-0.39, 0.29) is 0 Å². The van der Waals surface area contributed by atoms with Gasteiger partial charge in [-0.25, -0.2) is 0 Å². The Hall–Kier alpha value is 0.818. The van der Waals surface area contributed by atoms with E-state index in [2.05, 4.69) is 111 Å². The summed E-state index contributed by atoms with van der Waals surface area (Å²) in [7, 11) is -3.88. The van der Waals surface area contributed by atoms with Gasteiger partial charge in [-0.1, -0.05) is 89.3 Å². The Kier molecular flexibility index (Phi) is 6.03. The van der Waals surface area contributed by atoms with Crippen LogP contribution in [0.1, 0.15) is 0 Å². The molecule has 0 heterocycles. The summed E-state index contributed by atoms with van der Waals surface area (Å²) >= 11 is 2.90. The number of halogens is 1. The molecule has 0 unspecified atom stereocenters. The normalized spacial score (nSPS) is 14.6. The second kappa shape index (κ2) is 6.37. The van der Waals surface area contributed by atoms with Crippen LogP contribution in [0, 0.1) is 0 Å². The van der Waals surface area contributed by atoms with Crippen molar-refractivity contribution in [2.75, 3.05) is 0 Å². The SMILES string of the molecule is C[Si](C)(C)C([Si](I)c1ccccc1)([Si](C)(C)C)[Si](C)(C)C. The van der Waals surface area contributed by atoms with Gasteiger partial charge in [0, 0.05) is 24.2 Å². The first kappa shape index (κ1) is 19.9. The zero-order valence-electron chi connectivity index (χ0n) is 15.3. The highest BCUT2D eigenvalue weighted by Gasteiger charge is 2.63. The molecule has 0 N–H and O–H groups in total. The fourth-order valence-corrected chi connectivity index (χ4v) is 65.2. The van der Waals surface area contributed by atoms with E-state index in [1.54, 1.807) is 5.19 Å². The molecule has 0 fully saturated rings. The highest BCUT2D eigenvalue weighted by molar-refractivity contribution is 14.1. The van der Waals surface area contributed by atoms with Gasteiger partial charge in [-0.3, -0.25) is 0 Å². The van der Waals surface area contributed by atoms with Gasteiger partial charge < -0.3 is 0 Å². The van der Waals surface area contributed by atoms with Crippen LogP contribution in [0.2, 0.25) is 62.8 Å². The van der Waals surface area contributed by atoms with E-state index in [9.17, 15) is 0 Å². The lowest BCUT2D eigenvalue weighted by molar-refractivity contribution is 1.23.